The third kappa shape index (κ3) is 5.99. The van der Waals surface area contributed by atoms with E-state index in [0.717, 1.165) is 22.3 Å². The molecule has 1 amide bonds. The maximum atomic E-state index is 13.0. The van der Waals surface area contributed by atoms with Gasteiger partial charge in [-0.05, 0) is 39.9 Å². The highest BCUT2D eigenvalue weighted by molar-refractivity contribution is 5.98. The number of carbonyl (C=O) groups excluding carboxylic acids is 3. The number of ketones is 1. The van der Waals surface area contributed by atoms with E-state index in [1.807, 2.05) is 36.4 Å². The monoisotopic (exact) mass is 521 g/mol. The fraction of sp³-hybridized carbons (Fsp3) is 0.156. The van der Waals surface area contributed by atoms with Crippen molar-refractivity contribution >= 4 is 17.8 Å². The number of hydrogen-bond acceptors (Lipinski definition) is 6. The smallest absolute Gasteiger partial charge is 0.407 e. The van der Waals surface area contributed by atoms with Gasteiger partial charge in [-0.2, -0.15) is 0 Å². The molecule has 0 unspecified atom stereocenters. The summed E-state index contributed by atoms with van der Waals surface area (Å²) in [6, 6.07) is 29.7. The Hall–Kier alpha value is -4.91. The van der Waals surface area contributed by atoms with Crippen LogP contribution in [0, 0.1) is 0 Å². The van der Waals surface area contributed by atoms with E-state index in [0.29, 0.717) is 11.1 Å². The van der Waals surface area contributed by atoms with Crippen LogP contribution in [0.25, 0.3) is 11.1 Å². The molecule has 0 spiro atoms. The first kappa shape index (κ1) is 25.7. The molecule has 0 saturated carbocycles. The van der Waals surface area contributed by atoms with Crippen molar-refractivity contribution in [2.45, 2.75) is 18.4 Å². The van der Waals surface area contributed by atoms with Crippen molar-refractivity contribution in [1.82, 2.24) is 5.32 Å². The quantitative estimate of drug-likeness (QED) is 0.230. The van der Waals surface area contributed by atoms with E-state index in [1.54, 1.807) is 42.5 Å². The molecule has 7 nitrogen and oxygen atoms in total. The van der Waals surface area contributed by atoms with Crippen molar-refractivity contribution in [3.05, 3.63) is 125 Å². The van der Waals surface area contributed by atoms with E-state index < -0.39 is 24.7 Å². The highest BCUT2D eigenvalue weighted by atomic mass is 16.6. The zero-order chi connectivity index (χ0) is 27.2. The molecule has 196 valence electrons. The molecule has 0 heterocycles. The number of nitrogens with one attached hydrogen (secondary N) is 1. The number of esters is 1. The lowest BCUT2D eigenvalue weighted by atomic mass is 9.98. The van der Waals surface area contributed by atoms with Crippen molar-refractivity contribution < 1.29 is 29.0 Å². The second kappa shape index (κ2) is 11.6. The van der Waals surface area contributed by atoms with Crippen molar-refractivity contribution in [1.29, 1.82) is 0 Å². The van der Waals surface area contributed by atoms with E-state index in [4.69, 9.17) is 9.47 Å². The van der Waals surface area contributed by atoms with Gasteiger partial charge in [-0.1, -0.05) is 91.0 Å². The van der Waals surface area contributed by atoms with Gasteiger partial charge in [-0.25, -0.2) is 9.59 Å². The van der Waals surface area contributed by atoms with Crippen LogP contribution in [0.4, 0.5) is 4.79 Å². The molecule has 7 heteroatoms. The van der Waals surface area contributed by atoms with Crippen LogP contribution in [0.15, 0.2) is 103 Å². The molecule has 0 radical (unpaired) electrons. The third-order valence-corrected chi connectivity index (χ3v) is 6.74. The number of hydrogen-bond donors (Lipinski definition) is 2. The average Bonchev–Trinajstić information content (AvgIpc) is 3.29. The lowest BCUT2D eigenvalue weighted by Crippen LogP contribution is -2.44. The van der Waals surface area contributed by atoms with Crippen LogP contribution in [-0.4, -0.2) is 42.2 Å². The van der Waals surface area contributed by atoms with Crippen LogP contribution in [0.3, 0.4) is 0 Å². The number of benzene rings is 4. The van der Waals surface area contributed by atoms with Crippen LogP contribution >= 0.6 is 0 Å². The Kier molecular flexibility index (Phi) is 7.68. The van der Waals surface area contributed by atoms with Gasteiger partial charge in [0.25, 0.3) is 0 Å². The number of amides is 1. The molecular weight excluding hydrogens is 494 g/mol. The molecule has 4 aromatic carbocycles. The summed E-state index contributed by atoms with van der Waals surface area (Å²) in [6.07, 6.45) is -0.685. The van der Waals surface area contributed by atoms with E-state index in [1.165, 1.54) is 12.1 Å². The molecular formula is C32H27NO6. The van der Waals surface area contributed by atoms with E-state index >= 15 is 0 Å². The van der Waals surface area contributed by atoms with Crippen molar-refractivity contribution in [2.75, 3.05) is 13.2 Å². The summed E-state index contributed by atoms with van der Waals surface area (Å²) in [5, 5.41) is 12.2. The molecule has 0 bridgehead atoms. The second-order valence-electron chi connectivity index (χ2n) is 9.29. The number of fused-ring (bicyclic) bond motifs is 3. The Balaban J connectivity index is 1.26. The van der Waals surface area contributed by atoms with Crippen molar-refractivity contribution in [2.24, 2.45) is 0 Å². The first-order valence-electron chi connectivity index (χ1n) is 12.6. The Morgan fingerprint density at radius 1 is 0.744 bits per heavy atom. The first-order chi connectivity index (χ1) is 19.0. The van der Waals surface area contributed by atoms with E-state index in [-0.39, 0.29) is 30.5 Å². The average molecular weight is 522 g/mol. The van der Waals surface area contributed by atoms with Crippen LogP contribution in [0.1, 0.15) is 33.0 Å². The molecule has 0 saturated heterocycles. The Labute approximate surface area is 226 Å². The molecule has 2 N–H and O–H groups in total. The van der Waals surface area contributed by atoms with E-state index in [9.17, 15) is 19.5 Å². The molecule has 1 atom stereocenters. The lowest BCUT2D eigenvalue weighted by molar-refractivity contribution is -0.144. The molecule has 39 heavy (non-hydrogen) atoms. The number of ether oxygens (including phenoxy) is 2. The van der Waals surface area contributed by atoms with Gasteiger partial charge in [0, 0.05) is 17.9 Å². The SMILES string of the molecule is O=C(N[C@@H](Cc1ccc(O)cc1)C(=O)OCC(=O)c1ccccc1)OCC1c2ccccc2-c2ccccc21. The molecule has 1 aliphatic carbocycles. The highest BCUT2D eigenvalue weighted by Crippen LogP contribution is 2.44. The van der Waals surface area contributed by atoms with Gasteiger partial charge in [0.2, 0.25) is 0 Å². The molecule has 0 aromatic heterocycles. The fourth-order valence-corrected chi connectivity index (χ4v) is 4.79. The maximum absolute atomic E-state index is 13.0. The zero-order valence-corrected chi connectivity index (χ0v) is 21.1. The molecule has 0 fully saturated rings. The summed E-state index contributed by atoms with van der Waals surface area (Å²) in [5.41, 5.74) is 5.47. The molecule has 1 aliphatic rings. The molecule has 4 aromatic rings. The number of phenolic OH excluding ortho intramolecular Hbond substituents is 1. The minimum absolute atomic E-state index is 0.0795. The van der Waals surface area contributed by atoms with Crippen LogP contribution in [-0.2, 0) is 20.7 Å². The minimum Gasteiger partial charge on any atom is -0.508 e. The van der Waals surface area contributed by atoms with Gasteiger partial charge in [-0.3, -0.25) is 4.79 Å². The number of aromatic hydroxyl groups is 1. The Bertz CT molecular complexity index is 1440. The predicted molar refractivity (Wildman–Crippen MR) is 146 cm³/mol. The van der Waals surface area contributed by atoms with Gasteiger partial charge >= 0.3 is 12.1 Å². The van der Waals surface area contributed by atoms with Crippen LogP contribution in [0.5, 0.6) is 5.75 Å². The van der Waals surface area contributed by atoms with Gasteiger partial charge in [0.15, 0.2) is 12.4 Å². The highest BCUT2D eigenvalue weighted by Gasteiger charge is 2.30. The zero-order valence-electron chi connectivity index (χ0n) is 21.1. The van der Waals surface area contributed by atoms with Gasteiger partial charge in [0.1, 0.15) is 18.4 Å². The predicted octanol–water partition coefficient (Wildman–Crippen LogP) is 5.27. The largest absolute Gasteiger partial charge is 0.508 e. The maximum Gasteiger partial charge on any atom is 0.407 e. The summed E-state index contributed by atoms with van der Waals surface area (Å²) in [5.74, 6) is -1.17. The summed E-state index contributed by atoms with van der Waals surface area (Å²) in [7, 11) is 0. The van der Waals surface area contributed by atoms with Gasteiger partial charge in [0.05, 0.1) is 0 Å². The number of phenols is 1. The number of Topliss-reactive ketones (excluding diaryl/α,β-unsaturated/α-hetero) is 1. The molecule has 5 rings (SSSR count). The fourth-order valence-electron chi connectivity index (χ4n) is 4.79. The number of carbonyl (C=O) groups is 3. The lowest BCUT2D eigenvalue weighted by Gasteiger charge is -2.19. The Morgan fingerprint density at radius 3 is 1.97 bits per heavy atom. The van der Waals surface area contributed by atoms with Gasteiger partial charge in [-0.15, -0.1) is 0 Å². The second-order valence-corrected chi connectivity index (χ2v) is 9.29. The van der Waals surface area contributed by atoms with Crippen LogP contribution < -0.4 is 5.32 Å². The summed E-state index contributed by atoms with van der Waals surface area (Å²) in [6.45, 7) is -0.366. The molecule has 0 aliphatic heterocycles. The Morgan fingerprint density at radius 2 is 1.33 bits per heavy atom. The van der Waals surface area contributed by atoms with Crippen LogP contribution in [0.2, 0.25) is 0 Å². The topological polar surface area (TPSA) is 102 Å². The van der Waals surface area contributed by atoms with Crippen molar-refractivity contribution in [3.8, 4) is 16.9 Å². The summed E-state index contributed by atoms with van der Waals surface area (Å²) in [4.78, 5) is 38.3. The van der Waals surface area contributed by atoms with Gasteiger partial charge < -0.3 is 19.9 Å². The third-order valence-electron chi connectivity index (χ3n) is 6.74. The normalized spacial score (nSPS) is 12.6. The summed E-state index contributed by atoms with van der Waals surface area (Å²) >= 11 is 0. The summed E-state index contributed by atoms with van der Waals surface area (Å²) < 4.78 is 10.9. The van der Waals surface area contributed by atoms with E-state index in [2.05, 4.69) is 17.4 Å². The van der Waals surface area contributed by atoms with Crippen molar-refractivity contribution in [3.63, 3.8) is 0 Å². The number of alkyl carbamates (subject to hydrolysis) is 1. The minimum atomic E-state index is -1.10. The number of rotatable bonds is 9. The standard InChI is InChI=1S/C32H27NO6/c34-23-16-14-21(15-17-23)18-29(31(36)38-20-30(35)22-8-2-1-3-9-22)33-32(37)39-19-28-26-12-6-4-10-24(26)25-11-5-7-13-27(25)28/h1-17,28-29,34H,18-20H2,(H,33,37)/t29-/m0/s1. The first-order valence-corrected chi connectivity index (χ1v) is 12.6.